The fourth-order valence-corrected chi connectivity index (χ4v) is 1.93. The number of hydrogen-bond donors (Lipinski definition) is 1. The zero-order chi connectivity index (χ0) is 12.9. The predicted octanol–water partition coefficient (Wildman–Crippen LogP) is 2.86. The van der Waals surface area contributed by atoms with Crippen LogP contribution in [0, 0.1) is 5.92 Å². The fourth-order valence-electron chi connectivity index (χ4n) is 1.93. The maximum absolute atomic E-state index is 4.43. The second-order valence-corrected chi connectivity index (χ2v) is 5.90. The summed E-state index contributed by atoms with van der Waals surface area (Å²) in [5, 5.41) is 3.53. The van der Waals surface area contributed by atoms with Crippen LogP contribution < -0.4 is 5.32 Å². The van der Waals surface area contributed by atoms with E-state index in [9.17, 15) is 0 Å². The van der Waals surface area contributed by atoms with Crippen molar-refractivity contribution in [2.45, 2.75) is 59.5 Å². The molecule has 0 aromatic carbocycles. The summed E-state index contributed by atoms with van der Waals surface area (Å²) in [5.74, 6) is 1.90. The molecule has 0 radical (unpaired) electrons. The van der Waals surface area contributed by atoms with Crippen LogP contribution in [0.1, 0.15) is 46.9 Å². The molecule has 1 aromatic heterocycles. The normalized spacial score (nSPS) is 13.9. The minimum absolute atomic E-state index is 0.224. The molecular formula is C14H27N3. The van der Waals surface area contributed by atoms with Crippen LogP contribution in [-0.4, -0.2) is 21.6 Å². The van der Waals surface area contributed by atoms with Gasteiger partial charge in [0.15, 0.2) is 0 Å². The molecule has 0 fully saturated rings. The predicted molar refractivity (Wildman–Crippen MR) is 73.1 cm³/mol. The summed E-state index contributed by atoms with van der Waals surface area (Å²) in [4.78, 5) is 4.43. The number of nitrogens with one attached hydrogen (secondary N) is 1. The van der Waals surface area contributed by atoms with Gasteiger partial charge in [-0.1, -0.05) is 6.92 Å². The van der Waals surface area contributed by atoms with Crippen molar-refractivity contribution >= 4 is 0 Å². The smallest absolute Gasteiger partial charge is 0.108 e. The van der Waals surface area contributed by atoms with Gasteiger partial charge in [-0.15, -0.1) is 0 Å². The van der Waals surface area contributed by atoms with E-state index in [0.717, 1.165) is 19.5 Å². The molecule has 0 aliphatic rings. The molecular weight excluding hydrogens is 210 g/mol. The maximum atomic E-state index is 4.43. The Labute approximate surface area is 106 Å². The van der Waals surface area contributed by atoms with Crippen molar-refractivity contribution in [3.63, 3.8) is 0 Å². The van der Waals surface area contributed by atoms with Gasteiger partial charge in [0.1, 0.15) is 5.82 Å². The molecule has 3 nitrogen and oxygen atoms in total. The standard InChI is InChI=1S/C14H27N3/c1-6-17-10-9-15-13(17)11-12(2)7-8-16-14(3,4)5/h9-10,12,16H,6-8,11H2,1-5H3. The highest BCUT2D eigenvalue weighted by Gasteiger charge is 2.11. The quantitative estimate of drug-likeness (QED) is 0.824. The minimum atomic E-state index is 0.224. The fraction of sp³-hybridized carbons (Fsp3) is 0.786. The van der Waals surface area contributed by atoms with Gasteiger partial charge in [-0.3, -0.25) is 0 Å². The average molecular weight is 237 g/mol. The van der Waals surface area contributed by atoms with E-state index in [1.54, 1.807) is 0 Å². The lowest BCUT2D eigenvalue weighted by atomic mass is 10.0. The van der Waals surface area contributed by atoms with E-state index >= 15 is 0 Å². The molecule has 0 bridgehead atoms. The van der Waals surface area contributed by atoms with Crippen LogP contribution in [0.25, 0.3) is 0 Å². The molecule has 0 amide bonds. The van der Waals surface area contributed by atoms with Gasteiger partial charge in [0.2, 0.25) is 0 Å². The molecule has 0 spiro atoms. The minimum Gasteiger partial charge on any atom is -0.335 e. The zero-order valence-electron chi connectivity index (χ0n) is 12.0. The molecule has 1 atom stereocenters. The Morgan fingerprint density at radius 3 is 2.71 bits per heavy atom. The molecule has 1 N–H and O–H groups in total. The molecule has 3 heteroatoms. The van der Waals surface area contributed by atoms with Crippen molar-refractivity contribution in [2.24, 2.45) is 5.92 Å². The monoisotopic (exact) mass is 237 g/mol. The van der Waals surface area contributed by atoms with Gasteiger partial charge in [0, 0.05) is 30.9 Å². The first-order valence-corrected chi connectivity index (χ1v) is 6.67. The van der Waals surface area contributed by atoms with Crippen molar-refractivity contribution in [3.05, 3.63) is 18.2 Å². The Kier molecular flexibility index (Phi) is 5.19. The third-order valence-electron chi connectivity index (χ3n) is 2.97. The van der Waals surface area contributed by atoms with Crippen LogP contribution in [0.15, 0.2) is 12.4 Å². The van der Waals surface area contributed by atoms with E-state index in [4.69, 9.17) is 0 Å². The van der Waals surface area contributed by atoms with E-state index in [1.807, 2.05) is 6.20 Å². The van der Waals surface area contributed by atoms with Gasteiger partial charge in [0.05, 0.1) is 0 Å². The lowest BCUT2D eigenvalue weighted by Gasteiger charge is -2.22. The lowest BCUT2D eigenvalue weighted by Crippen LogP contribution is -2.37. The van der Waals surface area contributed by atoms with E-state index in [1.165, 1.54) is 12.2 Å². The summed E-state index contributed by atoms with van der Waals surface area (Å²) in [6.07, 6.45) is 6.24. The Morgan fingerprint density at radius 2 is 2.12 bits per heavy atom. The summed E-state index contributed by atoms with van der Waals surface area (Å²) in [7, 11) is 0. The average Bonchev–Trinajstić information content (AvgIpc) is 2.63. The zero-order valence-corrected chi connectivity index (χ0v) is 12.0. The summed E-state index contributed by atoms with van der Waals surface area (Å²) in [6.45, 7) is 13.2. The van der Waals surface area contributed by atoms with Gasteiger partial charge >= 0.3 is 0 Å². The highest BCUT2D eigenvalue weighted by molar-refractivity contribution is 4.93. The van der Waals surface area contributed by atoms with Crippen molar-refractivity contribution in [1.29, 1.82) is 0 Å². The second-order valence-electron chi connectivity index (χ2n) is 5.90. The third kappa shape index (κ3) is 5.35. The van der Waals surface area contributed by atoms with Gasteiger partial charge in [-0.05, 0) is 46.6 Å². The summed E-state index contributed by atoms with van der Waals surface area (Å²) in [6, 6.07) is 0. The molecule has 0 aliphatic carbocycles. The SMILES string of the molecule is CCn1ccnc1CC(C)CCNC(C)(C)C. The molecule has 98 valence electrons. The van der Waals surface area contributed by atoms with Gasteiger partial charge in [-0.2, -0.15) is 0 Å². The van der Waals surface area contributed by atoms with Crippen molar-refractivity contribution in [1.82, 2.24) is 14.9 Å². The number of hydrogen-bond acceptors (Lipinski definition) is 2. The number of aromatic nitrogens is 2. The van der Waals surface area contributed by atoms with Crippen molar-refractivity contribution < 1.29 is 0 Å². The van der Waals surface area contributed by atoms with E-state index < -0.39 is 0 Å². The number of aryl methyl sites for hydroxylation is 1. The highest BCUT2D eigenvalue weighted by atomic mass is 15.0. The molecule has 1 unspecified atom stereocenters. The van der Waals surface area contributed by atoms with Crippen LogP contribution in [0.4, 0.5) is 0 Å². The van der Waals surface area contributed by atoms with Gasteiger partial charge in [0.25, 0.3) is 0 Å². The molecule has 0 saturated heterocycles. The Hall–Kier alpha value is -0.830. The molecule has 17 heavy (non-hydrogen) atoms. The first kappa shape index (κ1) is 14.2. The van der Waals surface area contributed by atoms with Crippen LogP contribution in [0.3, 0.4) is 0 Å². The molecule has 1 rings (SSSR count). The highest BCUT2D eigenvalue weighted by Crippen LogP contribution is 2.11. The van der Waals surface area contributed by atoms with Crippen molar-refractivity contribution in [3.8, 4) is 0 Å². The Balaban J connectivity index is 2.32. The topological polar surface area (TPSA) is 29.9 Å². The van der Waals surface area contributed by atoms with Gasteiger partial charge < -0.3 is 9.88 Å². The second kappa shape index (κ2) is 6.20. The lowest BCUT2D eigenvalue weighted by molar-refractivity contribution is 0.390. The van der Waals surface area contributed by atoms with Gasteiger partial charge in [-0.25, -0.2) is 4.98 Å². The first-order valence-electron chi connectivity index (χ1n) is 6.67. The van der Waals surface area contributed by atoms with Crippen LogP contribution in [0.5, 0.6) is 0 Å². The Morgan fingerprint density at radius 1 is 1.41 bits per heavy atom. The molecule has 0 aliphatic heterocycles. The molecule has 1 heterocycles. The number of rotatable bonds is 6. The third-order valence-corrected chi connectivity index (χ3v) is 2.97. The van der Waals surface area contributed by atoms with Crippen LogP contribution in [0.2, 0.25) is 0 Å². The van der Waals surface area contributed by atoms with E-state index in [-0.39, 0.29) is 5.54 Å². The molecule has 1 aromatic rings. The summed E-state index contributed by atoms with van der Waals surface area (Å²) < 4.78 is 2.23. The largest absolute Gasteiger partial charge is 0.335 e. The van der Waals surface area contributed by atoms with E-state index in [2.05, 4.69) is 55.7 Å². The first-order chi connectivity index (χ1) is 7.92. The maximum Gasteiger partial charge on any atom is 0.108 e. The summed E-state index contributed by atoms with van der Waals surface area (Å²) >= 11 is 0. The number of nitrogens with zero attached hydrogens (tertiary/aromatic N) is 2. The Bertz CT molecular complexity index is 322. The summed E-state index contributed by atoms with van der Waals surface area (Å²) in [5.41, 5.74) is 0.224. The number of imidazole rings is 1. The van der Waals surface area contributed by atoms with Crippen molar-refractivity contribution in [2.75, 3.05) is 6.54 Å². The van der Waals surface area contributed by atoms with Crippen LogP contribution >= 0.6 is 0 Å². The van der Waals surface area contributed by atoms with E-state index in [0.29, 0.717) is 5.92 Å². The molecule has 0 saturated carbocycles. The van der Waals surface area contributed by atoms with Crippen LogP contribution in [-0.2, 0) is 13.0 Å².